The van der Waals surface area contributed by atoms with E-state index < -0.39 is 0 Å². The van der Waals surface area contributed by atoms with Gasteiger partial charge in [-0.25, -0.2) is 4.98 Å². The number of imidazole rings is 1. The maximum absolute atomic E-state index is 4.00. The first-order chi connectivity index (χ1) is 6.34. The molecule has 0 aliphatic heterocycles. The molecule has 0 fully saturated rings. The highest BCUT2D eigenvalue weighted by molar-refractivity contribution is 5.21. The predicted molar refractivity (Wildman–Crippen MR) is 61.0 cm³/mol. The molecule has 1 aromatic heterocycles. The van der Waals surface area contributed by atoms with Gasteiger partial charge in [0.2, 0.25) is 0 Å². The molecule has 0 aliphatic rings. The van der Waals surface area contributed by atoms with Gasteiger partial charge in [-0.3, -0.25) is 0 Å². The van der Waals surface area contributed by atoms with Crippen LogP contribution in [-0.4, -0.2) is 9.55 Å². The van der Waals surface area contributed by atoms with E-state index >= 15 is 0 Å². The summed E-state index contributed by atoms with van der Waals surface area (Å²) in [7, 11) is 0. The van der Waals surface area contributed by atoms with Crippen LogP contribution >= 0.6 is 0 Å². The molecule has 0 N–H and O–H groups in total. The molecule has 0 aliphatic carbocycles. The minimum absolute atomic E-state index is 0. The lowest BCUT2D eigenvalue weighted by Crippen LogP contribution is -1.95. The Hall–Kier alpha value is -1.57. The average molecular weight is 180 g/mol. The van der Waals surface area contributed by atoms with E-state index in [0.29, 0.717) is 0 Å². The molecule has 0 bridgehead atoms. The van der Waals surface area contributed by atoms with Crippen LogP contribution in [0.5, 0.6) is 0 Å². The molecule has 0 unspecified atom stereocenters. The Bertz CT molecular complexity index is 373. The van der Waals surface area contributed by atoms with Gasteiger partial charge in [0, 0.05) is 24.6 Å². The topological polar surface area (TPSA) is 17.8 Å². The molecular weight excluding hydrogens is 160 g/mol. The van der Waals surface area contributed by atoms with Crippen molar-refractivity contribution >= 4 is 0 Å². The fourth-order valence-corrected chi connectivity index (χ4v) is 1.28. The standard InChI is InChI=1S/C11H12N2.4H2/c1-10-2-4-11(5-3-10)8-13-7-6-12-9-13;;;;/h2-7,9H,8H2,1H3;4*1H. The lowest BCUT2D eigenvalue weighted by molar-refractivity contribution is 0.797. The number of aromatic nitrogens is 2. The van der Waals surface area contributed by atoms with Gasteiger partial charge in [-0.2, -0.15) is 0 Å². The molecule has 1 aromatic carbocycles. The number of rotatable bonds is 2. The molecule has 0 atom stereocenters. The normalized spacial score (nSPS) is 10.2. The van der Waals surface area contributed by atoms with Gasteiger partial charge in [0.25, 0.3) is 0 Å². The van der Waals surface area contributed by atoms with Crippen LogP contribution in [0.25, 0.3) is 0 Å². The van der Waals surface area contributed by atoms with Crippen molar-refractivity contribution in [2.75, 3.05) is 0 Å². The molecule has 0 saturated carbocycles. The fraction of sp³-hybridized carbons (Fsp3) is 0.182. The van der Waals surface area contributed by atoms with Gasteiger partial charge < -0.3 is 4.57 Å². The monoisotopic (exact) mass is 180 g/mol. The summed E-state index contributed by atoms with van der Waals surface area (Å²) in [5.74, 6) is 0. The predicted octanol–water partition coefficient (Wildman–Crippen LogP) is 3.22. The van der Waals surface area contributed by atoms with Crippen LogP contribution in [0.15, 0.2) is 43.0 Å². The summed E-state index contributed by atoms with van der Waals surface area (Å²) in [6, 6.07) is 8.56. The van der Waals surface area contributed by atoms with Crippen molar-refractivity contribution in [3.05, 3.63) is 54.1 Å². The van der Waals surface area contributed by atoms with Crippen LogP contribution in [-0.2, 0) is 6.54 Å². The number of aryl methyl sites for hydroxylation is 1. The minimum Gasteiger partial charge on any atom is -0.333 e. The van der Waals surface area contributed by atoms with E-state index in [-0.39, 0.29) is 5.71 Å². The zero-order chi connectivity index (χ0) is 9.10. The molecule has 0 saturated heterocycles. The highest BCUT2D eigenvalue weighted by Crippen LogP contribution is 2.04. The van der Waals surface area contributed by atoms with Crippen LogP contribution in [0.4, 0.5) is 0 Å². The van der Waals surface area contributed by atoms with E-state index in [4.69, 9.17) is 0 Å². The summed E-state index contributed by atoms with van der Waals surface area (Å²) in [6.45, 7) is 3.00. The van der Waals surface area contributed by atoms with Crippen LogP contribution in [0, 0.1) is 6.92 Å². The summed E-state index contributed by atoms with van der Waals surface area (Å²) in [4.78, 5) is 4.00. The Balaban J connectivity index is -0.000000490. The van der Waals surface area contributed by atoms with Crippen LogP contribution in [0.1, 0.15) is 16.8 Å². The van der Waals surface area contributed by atoms with E-state index in [9.17, 15) is 0 Å². The summed E-state index contributed by atoms with van der Waals surface area (Å²) >= 11 is 0. The van der Waals surface area contributed by atoms with Gasteiger partial charge in [-0.15, -0.1) is 0 Å². The van der Waals surface area contributed by atoms with Gasteiger partial charge >= 0.3 is 0 Å². The Morgan fingerprint density at radius 2 is 2.08 bits per heavy atom. The molecule has 1 heterocycles. The molecule has 13 heavy (non-hydrogen) atoms. The summed E-state index contributed by atoms with van der Waals surface area (Å²) in [6.07, 6.45) is 5.61. The van der Waals surface area contributed by atoms with Gasteiger partial charge in [0.15, 0.2) is 0 Å². The van der Waals surface area contributed by atoms with Crippen LogP contribution < -0.4 is 0 Å². The third-order valence-electron chi connectivity index (χ3n) is 2.04. The summed E-state index contributed by atoms with van der Waals surface area (Å²) in [5, 5.41) is 0. The SMILES string of the molecule is Cc1ccc(Cn2ccnc2)cc1.[HH].[HH].[HH].[HH]. The van der Waals surface area contributed by atoms with E-state index in [1.165, 1.54) is 11.1 Å². The van der Waals surface area contributed by atoms with Gasteiger partial charge in [0.05, 0.1) is 6.33 Å². The van der Waals surface area contributed by atoms with Crippen LogP contribution in [0.2, 0.25) is 0 Å². The largest absolute Gasteiger partial charge is 0.333 e. The van der Waals surface area contributed by atoms with Crippen LogP contribution in [0.3, 0.4) is 0 Å². The summed E-state index contributed by atoms with van der Waals surface area (Å²) in [5.41, 5.74) is 2.61. The van der Waals surface area contributed by atoms with Crippen molar-refractivity contribution < 1.29 is 5.71 Å². The molecule has 2 heteroatoms. The molecule has 0 spiro atoms. The molecule has 74 valence electrons. The zero-order valence-electron chi connectivity index (χ0n) is 7.64. The van der Waals surface area contributed by atoms with Gasteiger partial charge in [0.1, 0.15) is 0 Å². The van der Waals surface area contributed by atoms with Gasteiger partial charge in [-0.05, 0) is 12.5 Å². The number of nitrogens with zero attached hydrogens (tertiary/aromatic N) is 2. The van der Waals surface area contributed by atoms with Crippen molar-refractivity contribution in [2.24, 2.45) is 0 Å². The third-order valence-corrected chi connectivity index (χ3v) is 2.04. The molecule has 0 amide bonds. The Kier molecular flexibility index (Phi) is 2.13. The van der Waals surface area contributed by atoms with Crippen molar-refractivity contribution in [1.29, 1.82) is 0 Å². The van der Waals surface area contributed by atoms with E-state index in [2.05, 4.69) is 40.7 Å². The second kappa shape index (κ2) is 3.44. The lowest BCUT2D eigenvalue weighted by Gasteiger charge is -2.02. The number of hydrogen-bond acceptors (Lipinski definition) is 1. The first-order valence-corrected chi connectivity index (χ1v) is 4.36. The van der Waals surface area contributed by atoms with Gasteiger partial charge in [-0.1, -0.05) is 29.8 Å². The molecule has 2 rings (SSSR count). The Labute approximate surface area is 83.8 Å². The second-order valence-corrected chi connectivity index (χ2v) is 3.22. The van der Waals surface area contributed by atoms with E-state index in [0.717, 1.165) is 6.54 Å². The number of hydrogen-bond donors (Lipinski definition) is 0. The quantitative estimate of drug-likeness (QED) is 0.693. The molecule has 2 aromatic rings. The molecule has 2 nitrogen and oxygen atoms in total. The molecular formula is C11H20N2. The Morgan fingerprint density at radius 3 is 2.69 bits per heavy atom. The zero-order valence-corrected chi connectivity index (χ0v) is 7.64. The van der Waals surface area contributed by atoms with E-state index in [1.54, 1.807) is 6.20 Å². The maximum Gasteiger partial charge on any atom is 0.0949 e. The Morgan fingerprint density at radius 1 is 1.31 bits per heavy atom. The van der Waals surface area contributed by atoms with Crippen molar-refractivity contribution in [1.82, 2.24) is 9.55 Å². The third kappa shape index (κ3) is 1.96. The first-order valence-electron chi connectivity index (χ1n) is 4.36. The second-order valence-electron chi connectivity index (χ2n) is 3.22. The highest BCUT2D eigenvalue weighted by atomic mass is 15.0. The van der Waals surface area contributed by atoms with E-state index in [1.807, 2.05) is 12.5 Å². The number of benzene rings is 1. The molecule has 0 radical (unpaired) electrons. The smallest absolute Gasteiger partial charge is 0.0949 e. The average Bonchev–Trinajstić information content (AvgIpc) is 2.62. The lowest BCUT2D eigenvalue weighted by atomic mass is 10.1. The van der Waals surface area contributed by atoms with Crippen molar-refractivity contribution in [3.8, 4) is 0 Å². The maximum atomic E-state index is 4.00. The minimum atomic E-state index is 0. The van der Waals surface area contributed by atoms with Crippen molar-refractivity contribution in [2.45, 2.75) is 13.5 Å². The van der Waals surface area contributed by atoms with Crippen molar-refractivity contribution in [3.63, 3.8) is 0 Å². The first kappa shape index (κ1) is 8.05. The fourth-order valence-electron chi connectivity index (χ4n) is 1.28. The highest BCUT2D eigenvalue weighted by Gasteiger charge is 1.92. The summed E-state index contributed by atoms with van der Waals surface area (Å²) < 4.78 is 2.06.